The molecule has 2 N–H and O–H groups in total. The van der Waals surface area contributed by atoms with Crippen molar-refractivity contribution < 1.29 is 0 Å². The fourth-order valence-electron chi connectivity index (χ4n) is 2.28. The van der Waals surface area contributed by atoms with Gasteiger partial charge in [0, 0.05) is 32.4 Å². The molecule has 0 aliphatic heterocycles. The van der Waals surface area contributed by atoms with E-state index in [1.165, 1.54) is 11.3 Å². The lowest BCUT2D eigenvalue weighted by molar-refractivity contribution is 0.458. The number of guanidine groups is 1. The average Bonchev–Trinajstić information content (AvgIpc) is 2.61. The second-order valence-electron chi connectivity index (χ2n) is 4.79. The van der Waals surface area contributed by atoms with Gasteiger partial charge in [-0.3, -0.25) is 9.67 Å². The zero-order valence-electron chi connectivity index (χ0n) is 12.9. The number of hydrogen-bond acceptors (Lipinski definition) is 2. The van der Waals surface area contributed by atoms with Crippen molar-refractivity contribution in [1.29, 1.82) is 0 Å². The normalized spacial score (nSPS) is 11.9. The van der Waals surface area contributed by atoms with Crippen LogP contribution in [0.25, 0.3) is 0 Å². The van der Waals surface area contributed by atoms with Crippen LogP contribution < -0.4 is 5.73 Å². The Balaban J connectivity index is 2.49. The van der Waals surface area contributed by atoms with Gasteiger partial charge >= 0.3 is 0 Å². The van der Waals surface area contributed by atoms with E-state index in [1.54, 1.807) is 0 Å². The number of nitrogens with zero attached hydrogens (tertiary/aromatic N) is 4. The third kappa shape index (κ3) is 3.98. The van der Waals surface area contributed by atoms with E-state index in [2.05, 4.69) is 42.7 Å². The SMILES string of the molecule is CCN(CC)C(N)=NCCCc1c(C)nn(C)c1C. The van der Waals surface area contributed by atoms with Gasteiger partial charge < -0.3 is 10.6 Å². The zero-order valence-corrected chi connectivity index (χ0v) is 12.9. The molecule has 0 aromatic carbocycles. The average molecular weight is 265 g/mol. The largest absolute Gasteiger partial charge is 0.370 e. The van der Waals surface area contributed by atoms with E-state index in [9.17, 15) is 0 Å². The van der Waals surface area contributed by atoms with Crippen LogP contribution in [-0.4, -0.2) is 40.3 Å². The highest BCUT2D eigenvalue weighted by atomic mass is 15.3. The van der Waals surface area contributed by atoms with Crippen molar-refractivity contribution in [1.82, 2.24) is 14.7 Å². The summed E-state index contributed by atoms with van der Waals surface area (Å²) in [5.74, 6) is 0.657. The summed E-state index contributed by atoms with van der Waals surface area (Å²) in [6, 6.07) is 0. The first-order chi connectivity index (χ1) is 9.01. The molecule has 0 unspecified atom stereocenters. The van der Waals surface area contributed by atoms with Crippen molar-refractivity contribution in [2.75, 3.05) is 19.6 Å². The second kappa shape index (κ2) is 7.16. The first-order valence-electron chi connectivity index (χ1n) is 7.05. The molecule has 1 heterocycles. The van der Waals surface area contributed by atoms with Crippen LogP contribution in [0, 0.1) is 13.8 Å². The lowest BCUT2D eigenvalue weighted by atomic mass is 10.1. The summed E-state index contributed by atoms with van der Waals surface area (Å²) < 4.78 is 1.94. The Morgan fingerprint density at radius 1 is 1.32 bits per heavy atom. The fraction of sp³-hybridized carbons (Fsp3) is 0.714. The molecule has 1 aromatic heterocycles. The minimum absolute atomic E-state index is 0.657. The lowest BCUT2D eigenvalue weighted by Gasteiger charge is -2.19. The van der Waals surface area contributed by atoms with E-state index in [0.717, 1.165) is 38.2 Å². The smallest absolute Gasteiger partial charge is 0.191 e. The van der Waals surface area contributed by atoms with Crippen LogP contribution in [0.1, 0.15) is 37.2 Å². The summed E-state index contributed by atoms with van der Waals surface area (Å²) >= 11 is 0. The maximum absolute atomic E-state index is 5.94. The minimum atomic E-state index is 0.657. The molecule has 1 rings (SSSR count). The van der Waals surface area contributed by atoms with E-state index in [1.807, 2.05) is 11.7 Å². The molecule has 0 radical (unpaired) electrons. The molecule has 0 aliphatic rings. The number of aliphatic imine (C=N–C) groups is 1. The third-order valence-corrected chi connectivity index (χ3v) is 3.61. The van der Waals surface area contributed by atoms with Gasteiger partial charge in [0.05, 0.1) is 5.69 Å². The highest BCUT2D eigenvalue weighted by Crippen LogP contribution is 2.13. The van der Waals surface area contributed by atoms with Crippen LogP contribution in [0.15, 0.2) is 4.99 Å². The lowest BCUT2D eigenvalue weighted by Crippen LogP contribution is -2.37. The summed E-state index contributed by atoms with van der Waals surface area (Å²) in [6.45, 7) is 11.0. The van der Waals surface area contributed by atoms with Gasteiger partial charge in [0.25, 0.3) is 0 Å². The Bertz CT molecular complexity index is 429. The zero-order chi connectivity index (χ0) is 14.4. The molecule has 0 spiro atoms. The Kier molecular flexibility index (Phi) is 5.86. The maximum Gasteiger partial charge on any atom is 0.191 e. The van der Waals surface area contributed by atoms with Gasteiger partial charge in [-0.2, -0.15) is 5.10 Å². The minimum Gasteiger partial charge on any atom is -0.370 e. The van der Waals surface area contributed by atoms with E-state index < -0.39 is 0 Å². The van der Waals surface area contributed by atoms with Gasteiger partial charge in [0.2, 0.25) is 0 Å². The van der Waals surface area contributed by atoms with Crippen molar-refractivity contribution in [3.8, 4) is 0 Å². The van der Waals surface area contributed by atoms with Crippen molar-refractivity contribution in [3.63, 3.8) is 0 Å². The summed E-state index contributed by atoms with van der Waals surface area (Å²) in [4.78, 5) is 6.51. The number of aromatic nitrogens is 2. The van der Waals surface area contributed by atoms with E-state index in [0.29, 0.717) is 5.96 Å². The highest BCUT2D eigenvalue weighted by molar-refractivity contribution is 5.77. The summed E-state index contributed by atoms with van der Waals surface area (Å²) in [5, 5.41) is 4.43. The van der Waals surface area contributed by atoms with Crippen molar-refractivity contribution in [2.24, 2.45) is 17.8 Å². The number of aryl methyl sites for hydroxylation is 2. The van der Waals surface area contributed by atoms with Crippen LogP contribution in [0.3, 0.4) is 0 Å². The van der Waals surface area contributed by atoms with Crippen molar-refractivity contribution in [2.45, 2.75) is 40.5 Å². The van der Waals surface area contributed by atoms with E-state index in [4.69, 9.17) is 5.73 Å². The van der Waals surface area contributed by atoms with Crippen LogP contribution >= 0.6 is 0 Å². The molecule has 5 heteroatoms. The molecule has 19 heavy (non-hydrogen) atoms. The molecule has 0 saturated carbocycles. The monoisotopic (exact) mass is 265 g/mol. The molecular formula is C14H27N5. The fourth-order valence-corrected chi connectivity index (χ4v) is 2.28. The Hall–Kier alpha value is -1.52. The van der Waals surface area contributed by atoms with Gasteiger partial charge in [-0.25, -0.2) is 0 Å². The second-order valence-corrected chi connectivity index (χ2v) is 4.79. The standard InChI is InChI=1S/C14H27N5/c1-6-19(7-2)14(15)16-10-8-9-13-11(3)17-18(5)12(13)4/h6-10H2,1-5H3,(H2,15,16). The predicted octanol–water partition coefficient (Wildman–Crippen LogP) is 1.63. The van der Waals surface area contributed by atoms with Crippen LogP contribution in [0.2, 0.25) is 0 Å². The van der Waals surface area contributed by atoms with Gasteiger partial charge in [-0.05, 0) is 46.1 Å². The Morgan fingerprint density at radius 3 is 2.42 bits per heavy atom. The summed E-state index contributed by atoms with van der Waals surface area (Å²) in [5.41, 5.74) is 9.66. The first kappa shape index (κ1) is 15.5. The van der Waals surface area contributed by atoms with Crippen molar-refractivity contribution >= 4 is 5.96 Å². The quantitative estimate of drug-likeness (QED) is 0.483. The number of hydrogen-bond donors (Lipinski definition) is 1. The molecule has 0 fully saturated rings. The van der Waals surface area contributed by atoms with Gasteiger partial charge in [-0.15, -0.1) is 0 Å². The van der Waals surface area contributed by atoms with Crippen molar-refractivity contribution in [3.05, 3.63) is 17.0 Å². The van der Waals surface area contributed by atoms with Gasteiger partial charge in [0.15, 0.2) is 5.96 Å². The molecule has 0 aliphatic carbocycles. The molecule has 0 amide bonds. The molecule has 1 aromatic rings. The van der Waals surface area contributed by atoms with E-state index >= 15 is 0 Å². The topological polar surface area (TPSA) is 59.4 Å². The summed E-state index contributed by atoms with van der Waals surface area (Å²) in [7, 11) is 1.99. The van der Waals surface area contributed by atoms with Crippen LogP contribution in [-0.2, 0) is 13.5 Å². The third-order valence-electron chi connectivity index (χ3n) is 3.61. The molecule has 0 bridgehead atoms. The van der Waals surface area contributed by atoms with E-state index in [-0.39, 0.29) is 0 Å². The molecule has 5 nitrogen and oxygen atoms in total. The van der Waals surface area contributed by atoms with Crippen LogP contribution in [0.5, 0.6) is 0 Å². The molecule has 108 valence electrons. The molecular weight excluding hydrogens is 238 g/mol. The molecule has 0 atom stereocenters. The van der Waals surface area contributed by atoms with Gasteiger partial charge in [-0.1, -0.05) is 0 Å². The Morgan fingerprint density at radius 2 is 1.95 bits per heavy atom. The number of nitrogens with two attached hydrogens (primary N) is 1. The maximum atomic E-state index is 5.94. The molecule has 0 saturated heterocycles. The first-order valence-corrected chi connectivity index (χ1v) is 7.05. The summed E-state index contributed by atoms with van der Waals surface area (Å²) in [6.07, 6.45) is 2.02. The van der Waals surface area contributed by atoms with Gasteiger partial charge in [0.1, 0.15) is 0 Å². The predicted molar refractivity (Wildman–Crippen MR) is 80.4 cm³/mol. The highest BCUT2D eigenvalue weighted by Gasteiger charge is 2.08. The number of rotatable bonds is 6. The Labute approximate surface area is 116 Å². The van der Waals surface area contributed by atoms with Crippen LogP contribution in [0.4, 0.5) is 0 Å².